The van der Waals surface area contributed by atoms with E-state index in [1.807, 2.05) is 0 Å². The second-order valence-corrected chi connectivity index (χ2v) is 12.0. The highest BCUT2D eigenvalue weighted by Gasteiger charge is 2.33. The van der Waals surface area contributed by atoms with Crippen LogP contribution in [-0.4, -0.2) is 200 Å². The first-order valence-electron chi connectivity index (χ1n) is 18.5. The third kappa shape index (κ3) is 17.4. The van der Waals surface area contributed by atoms with Crippen molar-refractivity contribution < 1.29 is 56.8 Å². The summed E-state index contributed by atoms with van der Waals surface area (Å²) in [6.45, 7) is 15.8. The van der Waals surface area contributed by atoms with Gasteiger partial charge in [-0.25, -0.2) is 0 Å². The van der Waals surface area contributed by atoms with E-state index in [0.29, 0.717) is 132 Å². The van der Waals surface area contributed by atoms with Crippen LogP contribution in [0.5, 0.6) is 0 Å². The van der Waals surface area contributed by atoms with Crippen LogP contribution in [0.1, 0.15) is 0 Å². The number of benzene rings is 1. The molecule has 0 spiro atoms. The van der Waals surface area contributed by atoms with Crippen LogP contribution in [0.25, 0.3) is 0 Å². The molecule has 0 saturated carbocycles. The van der Waals surface area contributed by atoms with Gasteiger partial charge in [-0.15, -0.1) is 0 Å². The van der Waals surface area contributed by atoms with Gasteiger partial charge in [0.2, 0.25) is 0 Å². The summed E-state index contributed by atoms with van der Waals surface area (Å²) in [4.78, 5) is 9.54. The third-order valence-electron chi connectivity index (χ3n) is 8.35. The van der Waals surface area contributed by atoms with Crippen molar-refractivity contribution in [3.8, 4) is 0 Å². The Hall–Kier alpha value is -2.06. The Morgan fingerprint density at radius 2 is 0.500 bits per heavy atom. The lowest BCUT2D eigenvalue weighted by atomic mass is 10.2. The summed E-state index contributed by atoms with van der Waals surface area (Å²) in [6, 6.07) is 4.64. The van der Waals surface area contributed by atoms with Crippen molar-refractivity contribution >= 4 is 22.7 Å². The van der Waals surface area contributed by atoms with Crippen LogP contribution in [0.4, 0.5) is 22.7 Å². The normalized spacial score (nSPS) is 13.9. The average molecular weight is 747 g/mol. The fourth-order valence-corrected chi connectivity index (χ4v) is 5.61. The fourth-order valence-electron chi connectivity index (χ4n) is 5.61. The topological polar surface area (TPSA) is 124 Å². The molecule has 1 aromatic carbocycles. The van der Waals surface area contributed by atoms with Crippen LogP contribution in [0.15, 0.2) is 12.1 Å². The number of hydrogen-bond donors (Lipinski definition) is 0. The van der Waals surface area contributed by atoms with Crippen molar-refractivity contribution in [2.75, 3.05) is 220 Å². The largest absolute Gasteiger partial charge is 0.382 e. The Kier molecular flexibility index (Phi) is 25.0. The molecule has 0 aliphatic carbocycles. The molecule has 2 heterocycles. The van der Waals surface area contributed by atoms with Crippen LogP contribution < -0.4 is 19.6 Å². The van der Waals surface area contributed by atoms with Crippen molar-refractivity contribution in [1.82, 2.24) is 0 Å². The van der Waals surface area contributed by atoms with Gasteiger partial charge in [-0.3, -0.25) is 0 Å². The van der Waals surface area contributed by atoms with Gasteiger partial charge in [0.15, 0.2) is 0 Å². The molecule has 302 valence electrons. The summed E-state index contributed by atoms with van der Waals surface area (Å²) in [5.74, 6) is 0. The van der Waals surface area contributed by atoms with Crippen LogP contribution >= 0.6 is 0 Å². The van der Waals surface area contributed by atoms with Crippen LogP contribution in [-0.2, 0) is 56.8 Å². The molecule has 2 aliphatic heterocycles. The maximum absolute atomic E-state index is 5.95. The number of ether oxygens (including phenoxy) is 12. The SMILES string of the molecule is COCCOCCOCCN1CN(CCOCCOCCOC)c2cc3c(cc21)N(CCOCCOCCOC)CN3CCOCCOCCOC. The molecule has 0 aromatic heterocycles. The first-order valence-corrected chi connectivity index (χ1v) is 18.5. The molecule has 0 N–H and O–H groups in total. The second-order valence-electron chi connectivity index (χ2n) is 12.0. The lowest BCUT2D eigenvalue weighted by Crippen LogP contribution is -2.36. The van der Waals surface area contributed by atoms with E-state index in [0.717, 1.165) is 39.5 Å². The summed E-state index contributed by atoms with van der Waals surface area (Å²) in [6.07, 6.45) is 0. The Morgan fingerprint density at radius 1 is 0.308 bits per heavy atom. The summed E-state index contributed by atoms with van der Waals surface area (Å²) in [5, 5.41) is 0. The summed E-state index contributed by atoms with van der Waals surface area (Å²) >= 11 is 0. The van der Waals surface area contributed by atoms with Gasteiger partial charge in [-0.1, -0.05) is 0 Å². The molecule has 16 nitrogen and oxygen atoms in total. The first kappa shape index (κ1) is 44.3. The van der Waals surface area contributed by atoms with Gasteiger partial charge in [-0.05, 0) is 12.1 Å². The van der Waals surface area contributed by atoms with Crippen molar-refractivity contribution in [3.63, 3.8) is 0 Å². The van der Waals surface area contributed by atoms with Gasteiger partial charge in [0.1, 0.15) is 0 Å². The zero-order valence-electron chi connectivity index (χ0n) is 32.2. The van der Waals surface area contributed by atoms with Gasteiger partial charge >= 0.3 is 0 Å². The monoisotopic (exact) mass is 746 g/mol. The number of anilines is 4. The molecule has 3 rings (SSSR count). The lowest BCUT2D eigenvalue weighted by molar-refractivity contribution is 0.0260. The summed E-state index contributed by atoms with van der Waals surface area (Å²) in [7, 11) is 6.68. The molecule has 0 unspecified atom stereocenters. The molecule has 0 amide bonds. The van der Waals surface area contributed by atoms with Gasteiger partial charge in [0.05, 0.1) is 168 Å². The molecule has 2 aliphatic rings. The molecule has 1 aromatic rings. The van der Waals surface area contributed by atoms with Gasteiger partial charge in [0.25, 0.3) is 0 Å². The van der Waals surface area contributed by atoms with Crippen LogP contribution in [0.2, 0.25) is 0 Å². The summed E-state index contributed by atoms with van der Waals surface area (Å²) in [5.41, 5.74) is 4.74. The van der Waals surface area contributed by atoms with E-state index < -0.39 is 0 Å². The number of rotatable bonds is 36. The minimum Gasteiger partial charge on any atom is -0.382 e. The van der Waals surface area contributed by atoms with Crippen LogP contribution in [0, 0.1) is 0 Å². The fraction of sp³-hybridized carbons (Fsp3) is 0.833. The standard InChI is InChI=1S/C36H66N4O12/c1-41-13-17-49-25-21-45-9-5-37-31-38(6-10-46-22-26-50-18-14-42-2)34-30-36-35(29-33(34)37)39(7-11-47-23-27-51-19-15-43-3)32-40(36)8-12-48-24-28-52-20-16-44-4/h29-30H,5-28,31-32H2,1-4H3. The van der Waals surface area contributed by atoms with Crippen molar-refractivity contribution in [2.24, 2.45) is 0 Å². The van der Waals surface area contributed by atoms with Crippen molar-refractivity contribution in [2.45, 2.75) is 0 Å². The van der Waals surface area contributed by atoms with E-state index in [2.05, 4.69) is 31.7 Å². The molecule has 16 heteroatoms. The predicted octanol–water partition coefficient (Wildman–Crippen LogP) is 1.57. The predicted molar refractivity (Wildman–Crippen MR) is 200 cm³/mol. The lowest BCUT2D eigenvalue weighted by Gasteiger charge is -2.23. The van der Waals surface area contributed by atoms with E-state index in [-0.39, 0.29) is 0 Å². The molecule has 0 radical (unpaired) electrons. The Bertz CT molecular complexity index is 868. The third-order valence-corrected chi connectivity index (χ3v) is 8.35. The van der Waals surface area contributed by atoms with E-state index in [4.69, 9.17) is 56.8 Å². The molecule has 52 heavy (non-hydrogen) atoms. The maximum atomic E-state index is 5.95. The molecular weight excluding hydrogens is 680 g/mol. The van der Waals surface area contributed by atoms with E-state index in [1.165, 1.54) is 22.7 Å². The minimum absolute atomic E-state index is 0.542. The number of methoxy groups -OCH3 is 4. The number of fused-ring (bicyclic) bond motifs is 2. The highest BCUT2D eigenvalue weighted by molar-refractivity contribution is 5.90. The summed E-state index contributed by atoms with van der Waals surface area (Å²) < 4.78 is 66.2. The van der Waals surface area contributed by atoms with Gasteiger partial charge in [0, 0.05) is 54.6 Å². The average Bonchev–Trinajstić information content (AvgIpc) is 3.68. The van der Waals surface area contributed by atoms with Crippen LogP contribution in [0.3, 0.4) is 0 Å². The Labute approximate surface area is 311 Å². The Morgan fingerprint density at radius 3 is 0.712 bits per heavy atom. The van der Waals surface area contributed by atoms with Crippen molar-refractivity contribution in [1.29, 1.82) is 0 Å². The molecule has 0 bridgehead atoms. The van der Waals surface area contributed by atoms with E-state index in [9.17, 15) is 0 Å². The highest BCUT2D eigenvalue weighted by atomic mass is 16.6. The number of hydrogen-bond acceptors (Lipinski definition) is 16. The zero-order valence-corrected chi connectivity index (χ0v) is 32.2. The van der Waals surface area contributed by atoms with E-state index >= 15 is 0 Å². The van der Waals surface area contributed by atoms with Crippen molar-refractivity contribution in [3.05, 3.63) is 12.1 Å². The first-order chi connectivity index (χ1) is 25.7. The maximum Gasteiger partial charge on any atom is 0.0906 e. The smallest absolute Gasteiger partial charge is 0.0906 e. The Balaban J connectivity index is 1.65. The highest BCUT2D eigenvalue weighted by Crippen LogP contribution is 2.47. The number of nitrogens with zero attached hydrogens (tertiary/aromatic N) is 4. The van der Waals surface area contributed by atoms with Gasteiger partial charge < -0.3 is 76.4 Å². The zero-order chi connectivity index (χ0) is 36.9. The molecular formula is C36H66N4O12. The molecule has 0 saturated heterocycles. The quantitative estimate of drug-likeness (QED) is 0.0923. The van der Waals surface area contributed by atoms with E-state index in [1.54, 1.807) is 28.4 Å². The molecule has 0 fully saturated rings. The minimum atomic E-state index is 0.542. The second kappa shape index (κ2) is 29.3. The molecule has 0 atom stereocenters. The van der Waals surface area contributed by atoms with Gasteiger partial charge in [-0.2, -0.15) is 0 Å².